The van der Waals surface area contributed by atoms with E-state index >= 15 is 0 Å². The molecule has 1 aromatic carbocycles. The van der Waals surface area contributed by atoms with Gasteiger partial charge in [-0.3, -0.25) is 4.79 Å². The molecule has 1 aromatic rings. The number of ether oxygens (including phenoxy) is 2. The number of halogens is 1. The van der Waals surface area contributed by atoms with Crippen molar-refractivity contribution in [1.82, 2.24) is 0 Å². The number of fused-ring (bicyclic) bond motifs is 1. The lowest BCUT2D eigenvalue weighted by atomic mass is 10.0. The number of carbonyl (C=O) groups excluding carboxylic acids is 1. The van der Waals surface area contributed by atoms with Gasteiger partial charge < -0.3 is 14.4 Å². The average Bonchev–Trinajstić information content (AvgIpc) is 2.42. The molecule has 5 heteroatoms. The summed E-state index contributed by atoms with van der Waals surface area (Å²) < 4.78 is 10.2. The molecule has 0 saturated carbocycles. The molecule has 1 amide bonds. The van der Waals surface area contributed by atoms with Gasteiger partial charge in [0.2, 0.25) is 0 Å². The maximum Gasteiger partial charge on any atom is 0.252 e. The van der Waals surface area contributed by atoms with Crippen molar-refractivity contribution in [3.05, 3.63) is 28.8 Å². The van der Waals surface area contributed by atoms with Crippen molar-refractivity contribution in [2.24, 2.45) is 0 Å². The Balaban J connectivity index is 2.00. The Bertz CT molecular complexity index is 450. The zero-order chi connectivity index (χ0) is 13.7. The second-order valence-electron chi connectivity index (χ2n) is 4.47. The minimum atomic E-state index is -0.0145. The Morgan fingerprint density at radius 1 is 1.42 bits per heavy atom. The van der Waals surface area contributed by atoms with Crippen LogP contribution in [0.2, 0.25) is 5.02 Å². The fraction of sp³-hybridized carbons (Fsp3) is 0.500. The summed E-state index contributed by atoms with van der Waals surface area (Å²) in [4.78, 5) is 13.9. The summed E-state index contributed by atoms with van der Waals surface area (Å²) in [5.74, 6) is -0.0145. The smallest absolute Gasteiger partial charge is 0.252 e. The van der Waals surface area contributed by atoms with Gasteiger partial charge in [0.25, 0.3) is 5.91 Å². The maximum absolute atomic E-state index is 12.1. The highest BCUT2D eigenvalue weighted by Crippen LogP contribution is 2.29. The monoisotopic (exact) mass is 283 g/mol. The zero-order valence-corrected chi connectivity index (χ0v) is 11.8. The average molecular weight is 284 g/mol. The van der Waals surface area contributed by atoms with Crippen molar-refractivity contribution in [3.8, 4) is 0 Å². The minimum Gasteiger partial charge on any atom is -0.382 e. The number of amides is 1. The Morgan fingerprint density at radius 2 is 2.26 bits per heavy atom. The van der Waals surface area contributed by atoms with Crippen LogP contribution >= 0.6 is 11.6 Å². The number of carbonyl (C=O) groups is 1. The standard InChI is InChI=1S/C14H18ClNO3/c1-18-7-8-19-10-14(17)16-6-2-3-11-9-12(15)4-5-13(11)16/h4-5,9H,2-3,6-8,10H2,1H3. The Kier molecular flexibility index (Phi) is 5.19. The van der Waals surface area contributed by atoms with Gasteiger partial charge in [-0.15, -0.1) is 0 Å². The van der Waals surface area contributed by atoms with Crippen LogP contribution in [0.5, 0.6) is 0 Å². The van der Waals surface area contributed by atoms with E-state index in [-0.39, 0.29) is 12.5 Å². The fourth-order valence-corrected chi connectivity index (χ4v) is 2.40. The molecule has 0 N–H and O–H groups in total. The molecule has 2 rings (SSSR count). The summed E-state index contributed by atoms with van der Waals surface area (Å²) in [6.07, 6.45) is 1.92. The van der Waals surface area contributed by atoms with Gasteiger partial charge in [0.15, 0.2) is 0 Å². The molecule has 1 aliphatic heterocycles. The van der Waals surface area contributed by atoms with E-state index in [4.69, 9.17) is 21.1 Å². The number of aryl methyl sites for hydroxylation is 1. The van der Waals surface area contributed by atoms with E-state index in [2.05, 4.69) is 0 Å². The van der Waals surface area contributed by atoms with Gasteiger partial charge in [-0.2, -0.15) is 0 Å². The normalized spacial score (nSPS) is 14.3. The van der Waals surface area contributed by atoms with Gasteiger partial charge in [-0.05, 0) is 36.6 Å². The molecule has 0 aromatic heterocycles. The van der Waals surface area contributed by atoms with Gasteiger partial charge in [-0.25, -0.2) is 0 Å². The topological polar surface area (TPSA) is 38.8 Å². The van der Waals surface area contributed by atoms with Crippen LogP contribution in [0.25, 0.3) is 0 Å². The fourth-order valence-electron chi connectivity index (χ4n) is 2.20. The number of benzene rings is 1. The van der Waals surface area contributed by atoms with E-state index in [1.165, 1.54) is 0 Å². The maximum atomic E-state index is 12.1. The quantitative estimate of drug-likeness (QED) is 0.778. The van der Waals surface area contributed by atoms with Crippen molar-refractivity contribution in [2.45, 2.75) is 12.8 Å². The van der Waals surface area contributed by atoms with E-state index < -0.39 is 0 Å². The van der Waals surface area contributed by atoms with E-state index in [0.717, 1.165) is 30.6 Å². The third-order valence-corrected chi connectivity index (χ3v) is 3.35. The molecular weight excluding hydrogens is 266 g/mol. The zero-order valence-electron chi connectivity index (χ0n) is 11.0. The molecule has 0 fully saturated rings. The SMILES string of the molecule is COCCOCC(=O)N1CCCc2cc(Cl)ccc21. The first kappa shape index (κ1) is 14.3. The van der Waals surface area contributed by atoms with Crippen LogP contribution in [-0.2, 0) is 20.7 Å². The molecule has 0 radical (unpaired) electrons. The highest BCUT2D eigenvalue weighted by atomic mass is 35.5. The van der Waals surface area contributed by atoms with E-state index in [0.29, 0.717) is 18.2 Å². The summed E-state index contributed by atoms with van der Waals surface area (Å²) in [5, 5.41) is 0.712. The molecule has 1 aliphatic rings. The van der Waals surface area contributed by atoms with Crippen molar-refractivity contribution in [3.63, 3.8) is 0 Å². The largest absolute Gasteiger partial charge is 0.382 e. The van der Waals surface area contributed by atoms with Crippen LogP contribution < -0.4 is 4.90 Å². The molecule has 1 heterocycles. The Labute approximate surface area is 118 Å². The van der Waals surface area contributed by atoms with Gasteiger partial charge in [0.05, 0.1) is 13.2 Å². The summed E-state index contributed by atoms with van der Waals surface area (Å²) in [6, 6.07) is 5.66. The minimum absolute atomic E-state index is 0.0145. The Morgan fingerprint density at radius 3 is 3.05 bits per heavy atom. The number of hydrogen-bond acceptors (Lipinski definition) is 3. The second kappa shape index (κ2) is 6.89. The summed E-state index contributed by atoms with van der Waals surface area (Å²) in [5.41, 5.74) is 2.08. The number of nitrogens with zero attached hydrogens (tertiary/aromatic N) is 1. The van der Waals surface area contributed by atoms with E-state index in [1.807, 2.05) is 18.2 Å². The number of rotatable bonds is 5. The molecule has 19 heavy (non-hydrogen) atoms. The van der Waals surface area contributed by atoms with E-state index in [9.17, 15) is 4.79 Å². The lowest BCUT2D eigenvalue weighted by molar-refractivity contribution is -0.123. The van der Waals surface area contributed by atoms with Crippen LogP contribution in [0.15, 0.2) is 18.2 Å². The van der Waals surface area contributed by atoms with Crippen LogP contribution in [-0.4, -0.2) is 39.4 Å². The third kappa shape index (κ3) is 3.69. The number of hydrogen-bond donors (Lipinski definition) is 0. The predicted molar refractivity (Wildman–Crippen MR) is 74.8 cm³/mol. The van der Waals surface area contributed by atoms with Crippen molar-refractivity contribution >= 4 is 23.2 Å². The Hall–Kier alpha value is -1.10. The molecule has 0 atom stereocenters. The predicted octanol–water partition coefficient (Wildman–Crippen LogP) is 2.28. The second-order valence-corrected chi connectivity index (χ2v) is 4.90. The molecular formula is C14H18ClNO3. The summed E-state index contributed by atoms with van der Waals surface area (Å²) >= 11 is 5.98. The van der Waals surface area contributed by atoms with Crippen LogP contribution in [0.4, 0.5) is 5.69 Å². The number of anilines is 1. The molecule has 104 valence electrons. The van der Waals surface area contributed by atoms with Gasteiger partial charge in [0, 0.05) is 24.4 Å². The first-order valence-electron chi connectivity index (χ1n) is 6.38. The van der Waals surface area contributed by atoms with Crippen molar-refractivity contribution < 1.29 is 14.3 Å². The molecule has 0 bridgehead atoms. The molecule has 0 aliphatic carbocycles. The molecule has 0 spiro atoms. The highest BCUT2D eigenvalue weighted by molar-refractivity contribution is 6.30. The third-order valence-electron chi connectivity index (χ3n) is 3.12. The first-order valence-corrected chi connectivity index (χ1v) is 6.75. The van der Waals surface area contributed by atoms with Crippen LogP contribution in [0, 0.1) is 0 Å². The summed E-state index contributed by atoms with van der Waals surface area (Å²) in [6.45, 7) is 1.76. The van der Waals surface area contributed by atoms with Gasteiger partial charge >= 0.3 is 0 Å². The molecule has 4 nitrogen and oxygen atoms in total. The lowest BCUT2D eigenvalue weighted by Gasteiger charge is -2.29. The first-order chi connectivity index (χ1) is 9.22. The lowest BCUT2D eigenvalue weighted by Crippen LogP contribution is -2.38. The van der Waals surface area contributed by atoms with Crippen LogP contribution in [0.1, 0.15) is 12.0 Å². The van der Waals surface area contributed by atoms with Gasteiger partial charge in [-0.1, -0.05) is 11.6 Å². The summed E-state index contributed by atoms with van der Waals surface area (Å²) in [7, 11) is 1.61. The number of methoxy groups -OCH3 is 1. The van der Waals surface area contributed by atoms with E-state index in [1.54, 1.807) is 12.0 Å². The van der Waals surface area contributed by atoms with Gasteiger partial charge in [0.1, 0.15) is 6.61 Å². The molecule has 0 unspecified atom stereocenters. The highest BCUT2D eigenvalue weighted by Gasteiger charge is 2.22. The molecule has 0 saturated heterocycles. The van der Waals surface area contributed by atoms with Crippen LogP contribution in [0.3, 0.4) is 0 Å². The van der Waals surface area contributed by atoms with Crippen molar-refractivity contribution in [2.75, 3.05) is 38.4 Å². The van der Waals surface area contributed by atoms with Crippen molar-refractivity contribution in [1.29, 1.82) is 0 Å².